The number of hydrogen-bond acceptors (Lipinski definition) is 5. The van der Waals surface area contributed by atoms with Crippen molar-refractivity contribution >= 4 is 44.9 Å². The molecule has 182 valence electrons. The molecule has 2 aliphatic rings. The van der Waals surface area contributed by atoms with Gasteiger partial charge in [0.15, 0.2) is 5.78 Å². The number of rotatable bonds is 4. The molecule has 6 heteroatoms. The molecule has 1 aliphatic carbocycles. The second-order valence-corrected chi connectivity index (χ2v) is 10.5. The number of carbonyl (C=O) groups excluding carboxylic acids is 2. The van der Waals surface area contributed by atoms with Crippen molar-refractivity contribution < 1.29 is 14.3 Å². The minimum Gasteiger partial charge on any atom is -0.466 e. The zero-order chi connectivity index (χ0) is 25.0. The summed E-state index contributed by atoms with van der Waals surface area (Å²) in [6.07, 6.45) is 1.20. The van der Waals surface area contributed by atoms with Gasteiger partial charge in [-0.1, -0.05) is 30.3 Å². The monoisotopic (exact) mass is 496 g/mol. The van der Waals surface area contributed by atoms with Crippen LogP contribution >= 0.6 is 11.3 Å². The lowest BCUT2D eigenvalue weighted by Gasteiger charge is -2.36. The smallest absolute Gasteiger partial charge is 0.336 e. The molecule has 0 spiro atoms. The summed E-state index contributed by atoms with van der Waals surface area (Å²) >= 11 is 1.69. The van der Waals surface area contributed by atoms with E-state index in [-0.39, 0.29) is 11.7 Å². The minimum atomic E-state index is -0.460. The van der Waals surface area contributed by atoms with E-state index in [4.69, 9.17) is 4.74 Å². The summed E-state index contributed by atoms with van der Waals surface area (Å²) in [5.74, 6) is -0.613. The van der Waals surface area contributed by atoms with E-state index in [2.05, 4.69) is 70.7 Å². The van der Waals surface area contributed by atoms with Gasteiger partial charge in [-0.25, -0.2) is 4.79 Å². The Morgan fingerprint density at radius 3 is 2.64 bits per heavy atom. The predicted molar refractivity (Wildman–Crippen MR) is 144 cm³/mol. The highest BCUT2D eigenvalue weighted by Crippen LogP contribution is 2.47. The first kappa shape index (κ1) is 22.8. The third-order valence-corrected chi connectivity index (χ3v) is 8.66. The topological polar surface area (TPSA) is 60.3 Å². The number of hydrogen-bond donors (Lipinski definition) is 1. The van der Waals surface area contributed by atoms with Crippen LogP contribution in [0.25, 0.3) is 21.8 Å². The highest BCUT2D eigenvalue weighted by molar-refractivity contribution is 7.10. The summed E-state index contributed by atoms with van der Waals surface area (Å²) in [5.41, 5.74) is 6.17. The maximum Gasteiger partial charge on any atom is 0.336 e. The van der Waals surface area contributed by atoms with Gasteiger partial charge in [0.05, 0.1) is 12.7 Å². The van der Waals surface area contributed by atoms with Crippen LogP contribution in [0.4, 0.5) is 0 Å². The number of aromatic nitrogens is 1. The number of allylic oxidation sites excluding steroid dienone is 3. The molecule has 0 bridgehead atoms. The fourth-order valence-corrected chi connectivity index (χ4v) is 6.90. The summed E-state index contributed by atoms with van der Waals surface area (Å²) in [6, 6.07) is 18.9. The first-order valence-electron chi connectivity index (χ1n) is 12.4. The Bertz CT molecular complexity index is 1590. The van der Waals surface area contributed by atoms with Crippen molar-refractivity contribution in [3.63, 3.8) is 0 Å². The van der Waals surface area contributed by atoms with Crippen molar-refractivity contribution in [2.75, 3.05) is 7.11 Å². The van der Waals surface area contributed by atoms with Crippen LogP contribution < -0.4 is 5.32 Å². The number of esters is 1. The number of Topliss-reactive ketones (excluding diaryl/α,β-unsaturated/α-hetero) is 1. The number of thiophene rings is 1. The van der Waals surface area contributed by atoms with Gasteiger partial charge in [-0.05, 0) is 55.5 Å². The Balaban J connectivity index is 1.55. The maximum absolute atomic E-state index is 13.7. The van der Waals surface area contributed by atoms with Crippen molar-refractivity contribution in [3.8, 4) is 0 Å². The quantitative estimate of drug-likeness (QED) is 0.332. The van der Waals surface area contributed by atoms with E-state index in [9.17, 15) is 9.59 Å². The van der Waals surface area contributed by atoms with Gasteiger partial charge >= 0.3 is 5.97 Å². The molecule has 2 atom stereocenters. The van der Waals surface area contributed by atoms with Crippen LogP contribution in [0.3, 0.4) is 0 Å². The molecular formula is C30H28N2O3S. The lowest BCUT2D eigenvalue weighted by atomic mass is 9.72. The van der Waals surface area contributed by atoms with Gasteiger partial charge in [-0.2, -0.15) is 0 Å². The number of benzene rings is 2. The van der Waals surface area contributed by atoms with Crippen molar-refractivity contribution in [3.05, 3.63) is 93.0 Å². The molecule has 2 aromatic carbocycles. The molecule has 2 aromatic heterocycles. The molecule has 6 rings (SSSR count). The summed E-state index contributed by atoms with van der Waals surface area (Å²) in [4.78, 5) is 28.0. The van der Waals surface area contributed by atoms with Crippen molar-refractivity contribution in [2.45, 2.75) is 45.1 Å². The molecule has 1 N–H and O–H groups in total. The molecule has 0 amide bonds. The molecule has 5 nitrogen and oxygen atoms in total. The number of aryl methyl sites for hydroxylation is 1. The van der Waals surface area contributed by atoms with Gasteiger partial charge in [0, 0.05) is 68.5 Å². The second kappa shape index (κ2) is 8.79. The molecule has 1 aliphatic heterocycles. The zero-order valence-electron chi connectivity index (χ0n) is 20.6. The van der Waals surface area contributed by atoms with Crippen LogP contribution in [0.1, 0.15) is 49.0 Å². The number of fused-ring (bicyclic) bond motifs is 3. The largest absolute Gasteiger partial charge is 0.466 e. The maximum atomic E-state index is 13.7. The van der Waals surface area contributed by atoms with Crippen molar-refractivity contribution in [1.82, 2.24) is 9.88 Å². The number of ether oxygens (including phenoxy) is 1. The highest BCUT2D eigenvalue weighted by Gasteiger charge is 2.41. The van der Waals surface area contributed by atoms with Gasteiger partial charge in [0.25, 0.3) is 0 Å². The first-order valence-corrected chi connectivity index (χ1v) is 13.3. The van der Waals surface area contributed by atoms with Crippen LogP contribution in [-0.4, -0.2) is 23.4 Å². The Kier molecular flexibility index (Phi) is 5.56. The van der Waals surface area contributed by atoms with Crippen molar-refractivity contribution in [2.24, 2.45) is 0 Å². The number of ketones is 1. The molecular weight excluding hydrogens is 468 g/mol. The van der Waals surface area contributed by atoms with E-state index in [1.165, 1.54) is 22.9 Å². The summed E-state index contributed by atoms with van der Waals surface area (Å²) in [6.45, 7) is 4.92. The van der Waals surface area contributed by atoms with E-state index in [1.807, 2.05) is 13.0 Å². The average Bonchev–Trinajstić information content (AvgIpc) is 3.53. The Labute approximate surface area is 214 Å². The molecule has 3 heterocycles. The SMILES string of the molecule is CCn1c2ccccc2c2cc([C@H]3C(C(=O)OC)=C(C)NC4=C3C(=O)C[C@H](c3cccs3)C4)ccc21. The number of nitrogens with zero attached hydrogens (tertiary/aromatic N) is 1. The standard InChI is InChI=1S/C30H28N2O3S/c1-4-32-23-9-6-5-8-20(23)21-14-18(11-12-24(21)32)28-27(30(34)35-3)17(2)31-22-15-19(16-25(33)29(22)28)26-10-7-13-36-26/h5-14,19,28,31H,4,15-16H2,1-3H3/t19-,28+/m1/s1. The normalized spacial score (nSPS) is 20.1. The van der Waals surface area contributed by atoms with Crippen LogP contribution in [0.2, 0.25) is 0 Å². The van der Waals surface area contributed by atoms with Crippen LogP contribution in [0.15, 0.2) is 82.5 Å². The van der Waals surface area contributed by atoms with E-state index < -0.39 is 11.9 Å². The third kappa shape index (κ3) is 3.43. The fourth-order valence-electron chi connectivity index (χ4n) is 6.07. The summed E-state index contributed by atoms with van der Waals surface area (Å²) in [7, 11) is 1.40. The molecule has 0 fully saturated rings. The van der Waals surface area contributed by atoms with Crippen molar-refractivity contribution in [1.29, 1.82) is 0 Å². The van der Waals surface area contributed by atoms with Gasteiger partial charge in [0.2, 0.25) is 0 Å². The van der Waals surface area contributed by atoms with E-state index in [1.54, 1.807) is 11.3 Å². The second-order valence-electron chi connectivity index (χ2n) is 9.56. The van der Waals surface area contributed by atoms with E-state index in [0.29, 0.717) is 17.6 Å². The number of nitrogens with one attached hydrogen (secondary N) is 1. The minimum absolute atomic E-state index is 0.0946. The number of carbonyl (C=O) groups is 2. The van der Waals surface area contributed by atoms with E-state index >= 15 is 0 Å². The van der Waals surface area contributed by atoms with Gasteiger partial charge < -0.3 is 14.6 Å². The summed E-state index contributed by atoms with van der Waals surface area (Å²) < 4.78 is 7.52. The number of dihydropyridines is 1. The highest BCUT2D eigenvalue weighted by atomic mass is 32.1. The molecule has 4 aromatic rings. The molecule has 0 saturated carbocycles. The van der Waals surface area contributed by atoms with Gasteiger partial charge in [-0.15, -0.1) is 11.3 Å². The summed E-state index contributed by atoms with van der Waals surface area (Å²) in [5, 5.41) is 7.79. The molecule has 36 heavy (non-hydrogen) atoms. The molecule has 0 saturated heterocycles. The third-order valence-electron chi connectivity index (χ3n) is 7.62. The van der Waals surface area contributed by atoms with Crippen LogP contribution in [0, 0.1) is 0 Å². The molecule has 0 radical (unpaired) electrons. The zero-order valence-corrected chi connectivity index (χ0v) is 21.4. The Hall–Kier alpha value is -3.64. The average molecular weight is 497 g/mol. The number of methoxy groups -OCH3 is 1. The lowest BCUT2D eigenvalue weighted by molar-refractivity contribution is -0.136. The fraction of sp³-hybridized carbons (Fsp3) is 0.267. The Morgan fingerprint density at radius 1 is 1.08 bits per heavy atom. The number of para-hydroxylation sites is 1. The van der Waals surface area contributed by atoms with Crippen LogP contribution in [-0.2, 0) is 20.9 Å². The lowest BCUT2D eigenvalue weighted by Crippen LogP contribution is -2.35. The predicted octanol–water partition coefficient (Wildman–Crippen LogP) is 6.41. The Morgan fingerprint density at radius 2 is 1.89 bits per heavy atom. The van der Waals surface area contributed by atoms with E-state index in [0.717, 1.165) is 40.8 Å². The van der Waals surface area contributed by atoms with Crippen LogP contribution in [0.5, 0.6) is 0 Å². The molecule has 0 unspecified atom stereocenters. The first-order chi connectivity index (χ1) is 17.5. The van der Waals surface area contributed by atoms with Gasteiger partial charge in [-0.3, -0.25) is 4.79 Å². The van der Waals surface area contributed by atoms with Gasteiger partial charge in [0.1, 0.15) is 0 Å².